The van der Waals surface area contributed by atoms with Gasteiger partial charge in [0, 0.05) is 25.2 Å². The maximum absolute atomic E-state index is 12.6. The maximum atomic E-state index is 12.6. The van der Waals surface area contributed by atoms with E-state index < -0.39 is 11.5 Å². The molecule has 0 aliphatic carbocycles. The lowest BCUT2D eigenvalue weighted by atomic mass is 10.1. The summed E-state index contributed by atoms with van der Waals surface area (Å²) in [4.78, 5) is 38.0. The molecular weight excluding hydrogens is 276 g/mol. The van der Waals surface area contributed by atoms with Crippen molar-refractivity contribution in [3.8, 4) is 0 Å². The number of urea groups is 1. The van der Waals surface area contributed by atoms with Gasteiger partial charge in [-0.25, -0.2) is 4.79 Å². The number of carbonyl (C=O) groups excluding carboxylic acids is 2. The Hall–Kier alpha value is -1.79. The van der Waals surface area contributed by atoms with E-state index in [9.17, 15) is 14.4 Å². The molecule has 1 atom stereocenters. The van der Waals surface area contributed by atoms with Gasteiger partial charge in [0.25, 0.3) is 0 Å². The molecule has 0 aromatic rings. The molecular formula is C14H24N2O5. The van der Waals surface area contributed by atoms with Crippen molar-refractivity contribution in [1.29, 1.82) is 0 Å². The average Bonchev–Trinajstić information content (AvgIpc) is 2.85. The average molecular weight is 300 g/mol. The van der Waals surface area contributed by atoms with Gasteiger partial charge in [-0.3, -0.25) is 9.59 Å². The molecule has 7 nitrogen and oxygen atoms in total. The lowest BCUT2D eigenvalue weighted by molar-refractivity contribution is -0.144. The number of carboxylic acids is 1. The molecule has 1 rings (SSSR count). The number of amides is 2. The van der Waals surface area contributed by atoms with E-state index in [0.717, 1.165) is 0 Å². The monoisotopic (exact) mass is 300 g/mol. The molecule has 2 amide bonds. The minimum Gasteiger partial charge on any atom is -0.481 e. The Labute approximate surface area is 124 Å². The summed E-state index contributed by atoms with van der Waals surface area (Å²) in [6.07, 6.45) is 0.479. The van der Waals surface area contributed by atoms with Gasteiger partial charge in [-0.05, 0) is 27.2 Å². The van der Waals surface area contributed by atoms with Gasteiger partial charge in [-0.1, -0.05) is 0 Å². The van der Waals surface area contributed by atoms with Crippen LogP contribution in [0.4, 0.5) is 4.79 Å². The minimum absolute atomic E-state index is 0.0999. The summed E-state index contributed by atoms with van der Waals surface area (Å²) in [5.41, 5.74) is -0.476. The van der Waals surface area contributed by atoms with E-state index in [1.54, 1.807) is 9.80 Å². The number of hydrogen-bond acceptors (Lipinski definition) is 4. The summed E-state index contributed by atoms with van der Waals surface area (Å²) in [5, 5.41) is 8.81. The van der Waals surface area contributed by atoms with Crippen molar-refractivity contribution in [1.82, 2.24) is 9.80 Å². The second-order valence-corrected chi connectivity index (χ2v) is 6.20. The molecule has 0 radical (unpaired) electrons. The Morgan fingerprint density at radius 3 is 2.43 bits per heavy atom. The molecule has 1 N–H and O–H groups in total. The fourth-order valence-electron chi connectivity index (χ4n) is 2.39. The first-order valence-corrected chi connectivity index (χ1v) is 7.03. The molecule has 1 unspecified atom stereocenters. The van der Waals surface area contributed by atoms with Gasteiger partial charge in [0.15, 0.2) is 0 Å². The molecule has 120 valence electrons. The molecule has 21 heavy (non-hydrogen) atoms. The van der Waals surface area contributed by atoms with Crippen LogP contribution in [0, 0.1) is 5.92 Å². The van der Waals surface area contributed by atoms with Crippen LogP contribution in [0.1, 0.15) is 33.6 Å². The Morgan fingerprint density at radius 1 is 1.33 bits per heavy atom. The largest absolute Gasteiger partial charge is 0.481 e. The lowest BCUT2D eigenvalue weighted by Crippen LogP contribution is -2.52. The molecule has 0 bridgehead atoms. The van der Waals surface area contributed by atoms with E-state index in [2.05, 4.69) is 0 Å². The molecule has 0 spiro atoms. The third-order valence-corrected chi connectivity index (χ3v) is 3.58. The van der Waals surface area contributed by atoms with Gasteiger partial charge in [-0.15, -0.1) is 0 Å². The van der Waals surface area contributed by atoms with Crippen molar-refractivity contribution in [3.05, 3.63) is 0 Å². The number of likely N-dealkylation sites (tertiary alicyclic amines) is 1. The second-order valence-electron chi connectivity index (χ2n) is 6.20. The van der Waals surface area contributed by atoms with Gasteiger partial charge in [-0.2, -0.15) is 0 Å². The van der Waals surface area contributed by atoms with Crippen LogP contribution in [0.2, 0.25) is 0 Å². The summed E-state index contributed by atoms with van der Waals surface area (Å²) in [5.74, 6) is -1.54. The molecule has 0 aromatic carbocycles. The molecule has 7 heteroatoms. The van der Waals surface area contributed by atoms with Crippen molar-refractivity contribution in [2.24, 2.45) is 5.92 Å². The number of nitrogens with zero attached hydrogens (tertiary/aromatic N) is 2. The Balaban J connectivity index is 2.73. The number of rotatable bonds is 4. The normalized spacial score (nSPS) is 18.5. The number of carbonyl (C=O) groups is 3. The van der Waals surface area contributed by atoms with Crippen molar-refractivity contribution in [2.75, 3.05) is 26.7 Å². The Morgan fingerprint density at radius 2 is 1.95 bits per heavy atom. The van der Waals surface area contributed by atoms with Crippen LogP contribution in [0.3, 0.4) is 0 Å². The number of methoxy groups -OCH3 is 1. The molecule has 1 aliphatic heterocycles. The Bertz CT molecular complexity index is 416. The van der Waals surface area contributed by atoms with Gasteiger partial charge in [0.05, 0.1) is 19.4 Å². The second kappa shape index (κ2) is 6.78. The fourth-order valence-corrected chi connectivity index (χ4v) is 2.39. The zero-order chi connectivity index (χ0) is 16.2. The zero-order valence-electron chi connectivity index (χ0n) is 13.1. The Kier molecular flexibility index (Phi) is 5.57. The fraction of sp³-hybridized carbons (Fsp3) is 0.786. The van der Waals surface area contributed by atoms with Crippen LogP contribution in [0.15, 0.2) is 0 Å². The summed E-state index contributed by atoms with van der Waals surface area (Å²) >= 11 is 0. The lowest BCUT2D eigenvalue weighted by Gasteiger charge is -2.38. The van der Waals surface area contributed by atoms with Crippen molar-refractivity contribution >= 4 is 18.0 Å². The highest BCUT2D eigenvalue weighted by atomic mass is 16.5. The highest BCUT2D eigenvalue weighted by Crippen LogP contribution is 2.22. The smallest absolute Gasteiger partial charge is 0.320 e. The standard InChI is InChI=1S/C14H24N2O5/c1-14(2,3)16(8-6-11(17)18)13(20)15-7-5-10(9-15)12(19)21-4/h10H,5-9H2,1-4H3,(H,17,18). The predicted molar refractivity (Wildman–Crippen MR) is 75.8 cm³/mol. The van der Waals surface area contributed by atoms with Crippen molar-refractivity contribution < 1.29 is 24.2 Å². The van der Waals surface area contributed by atoms with Crippen LogP contribution < -0.4 is 0 Å². The highest BCUT2D eigenvalue weighted by molar-refractivity contribution is 5.79. The van der Waals surface area contributed by atoms with Gasteiger partial charge < -0.3 is 19.6 Å². The van der Waals surface area contributed by atoms with Gasteiger partial charge in [0.2, 0.25) is 0 Å². The number of aliphatic carboxylic acids is 1. The quantitative estimate of drug-likeness (QED) is 0.788. The summed E-state index contributed by atoms with van der Waals surface area (Å²) in [6, 6.07) is -0.227. The zero-order valence-corrected chi connectivity index (χ0v) is 13.1. The van der Waals surface area contributed by atoms with Crippen LogP contribution >= 0.6 is 0 Å². The number of ether oxygens (including phenoxy) is 1. The molecule has 1 aliphatic rings. The topological polar surface area (TPSA) is 87.2 Å². The maximum Gasteiger partial charge on any atom is 0.320 e. The third kappa shape index (κ3) is 4.61. The minimum atomic E-state index is -0.939. The summed E-state index contributed by atoms with van der Waals surface area (Å²) < 4.78 is 4.70. The van der Waals surface area contributed by atoms with E-state index in [0.29, 0.717) is 19.5 Å². The van der Waals surface area contributed by atoms with Crippen molar-refractivity contribution in [2.45, 2.75) is 39.2 Å². The van der Waals surface area contributed by atoms with E-state index in [4.69, 9.17) is 9.84 Å². The van der Waals surface area contributed by atoms with Crippen LogP contribution in [-0.4, -0.2) is 65.2 Å². The van der Waals surface area contributed by atoms with E-state index >= 15 is 0 Å². The molecule has 1 heterocycles. The molecule has 0 aromatic heterocycles. The van der Waals surface area contributed by atoms with Crippen LogP contribution in [0.25, 0.3) is 0 Å². The van der Waals surface area contributed by atoms with E-state index in [1.165, 1.54) is 7.11 Å². The highest BCUT2D eigenvalue weighted by Gasteiger charge is 2.36. The molecule has 1 saturated heterocycles. The van der Waals surface area contributed by atoms with Crippen LogP contribution in [0.5, 0.6) is 0 Å². The molecule has 0 saturated carbocycles. The molecule has 1 fully saturated rings. The van der Waals surface area contributed by atoms with Gasteiger partial charge >= 0.3 is 18.0 Å². The van der Waals surface area contributed by atoms with Crippen LogP contribution in [-0.2, 0) is 14.3 Å². The summed E-state index contributed by atoms with van der Waals surface area (Å²) in [7, 11) is 1.33. The van der Waals surface area contributed by atoms with E-state index in [-0.39, 0.29) is 30.9 Å². The van der Waals surface area contributed by atoms with E-state index in [1.807, 2.05) is 20.8 Å². The predicted octanol–water partition coefficient (Wildman–Crippen LogP) is 1.18. The number of esters is 1. The number of hydrogen-bond donors (Lipinski definition) is 1. The van der Waals surface area contributed by atoms with Crippen molar-refractivity contribution in [3.63, 3.8) is 0 Å². The van der Waals surface area contributed by atoms with Gasteiger partial charge in [0.1, 0.15) is 0 Å². The number of carboxylic acid groups (broad SMARTS) is 1. The third-order valence-electron chi connectivity index (χ3n) is 3.58. The first kappa shape index (κ1) is 17.3. The first-order valence-electron chi connectivity index (χ1n) is 7.03. The first-order chi connectivity index (χ1) is 9.66. The summed E-state index contributed by atoms with van der Waals surface area (Å²) in [6.45, 7) is 6.54. The SMILES string of the molecule is COC(=O)C1CCN(C(=O)N(CCC(=O)O)C(C)(C)C)C1.